The number of nitrogens with zero attached hydrogens (tertiary/aromatic N) is 1. The highest BCUT2D eigenvalue weighted by molar-refractivity contribution is 5.83. The lowest BCUT2D eigenvalue weighted by Crippen LogP contribution is -2.47. The summed E-state index contributed by atoms with van der Waals surface area (Å²) in [6.07, 6.45) is 6.46. The van der Waals surface area contributed by atoms with Gasteiger partial charge >= 0.3 is 0 Å². The first-order chi connectivity index (χ1) is 9.66. The summed E-state index contributed by atoms with van der Waals surface area (Å²) < 4.78 is 10.8. The zero-order valence-corrected chi connectivity index (χ0v) is 12.8. The summed E-state index contributed by atoms with van der Waals surface area (Å²) in [7, 11) is 3.35. The molecular weight excluding hydrogens is 256 g/mol. The molecule has 1 amide bonds. The number of hydrogen-bond donors (Lipinski definition) is 1. The van der Waals surface area contributed by atoms with E-state index >= 15 is 0 Å². The number of carbonyl (C=O) groups is 1. The van der Waals surface area contributed by atoms with Crippen LogP contribution in [-0.2, 0) is 14.3 Å². The Bertz CT molecular complexity index is 315. The summed E-state index contributed by atoms with van der Waals surface area (Å²) in [5.41, 5.74) is 5.65. The lowest BCUT2D eigenvalue weighted by molar-refractivity contribution is -0.142. The summed E-state index contributed by atoms with van der Waals surface area (Å²) in [5, 5.41) is 0. The summed E-state index contributed by atoms with van der Waals surface area (Å²) in [6.45, 7) is 1.70. The van der Waals surface area contributed by atoms with Crippen LogP contribution in [0.4, 0.5) is 0 Å². The second kappa shape index (κ2) is 6.87. The number of ether oxygens (including phenoxy) is 2. The molecule has 2 fully saturated rings. The maximum atomic E-state index is 13.0. The molecule has 1 heterocycles. The Morgan fingerprint density at radius 3 is 2.00 bits per heavy atom. The quantitative estimate of drug-likeness (QED) is 0.787. The first kappa shape index (κ1) is 15.7. The molecule has 5 heteroatoms. The molecule has 0 aromatic carbocycles. The van der Waals surface area contributed by atoms with Crippen molar-refractivity contribution in [2.24, 2.45) is 11.1 Å². The largest absolute Gasteiger partial charge is 0.377 e. The SMILES string of the molecule is COC1CN(C(=O)C2(CN)CCCCCC2)CC1OC. The molecule has 2 aliphatic rings. The number of nitrogens with two attached hydrogens (primary N) is 1. The highest BCUT2D eigenvalue weighted by atomic mass is 16.5. The number of amides is 1. The van der Waals surface area contributed by atoms with E-state index in [1.807, 2.05) is 4.90 Å². The van der Waals surface area contributed by atoms with Gasteiger partial charge in [-0.15, -0.1) is 0 Å². The zero-order valence-electron chi connectivity index (χ0n) is 12.8. The lowest BCUT2D eigenvalue weighted by Gasteiger charge is -2.34. The number of methoxy groups -OCH3 is 2. The zero-order chi connectivity index (χ0) is 14.6. The van der Waals surface area contributed by atoms with Crippen LogP contribution in [0.1, 0.15) is 38.5 Å². The molecule has 2 rings (SSSR count). The van der Waals surface area contributed by atoms with Crippen LogP contribution in [0.25, 0.3) is 0 Å². The average molecular weight is 284 g/mol. The van der Waals surface area contributed by atoms with E-state index in [-0.39, 0.29) is 23.5 Å². The number of rotatable bonds is 4. The van der Waals surface area contributed by atoms with Crippen molar-refractivity contribution in [3.63, 3.8) is 0 Å². The highest BCUT2D eigenvalue weighted by Gasteiger charge is 2.44. The molecule has 5 nitrogen and oxygen atoms in total. The first-order valence-corrected chi connectivity index (χ1v) is 7.72. The maximum Gasteiger partial charge on any atom is 0.230 e. The van der Waals surface area contributed by atoms with Crippen molar-refractivity contribution in [3.8, 4) is 0 Å². The second-order valence-corrected chi connectivity index (χ2v) is 6.16. The van der Waals surface area contributed by atoms with Crippen LogP contribution in [0.3, 0.4) is 0 Å². The van der Waals surface area contributed by atoms with Crippen LogP contribution < -0.4 is 5.73 Å². The Hall–Kier alpha value is -0.650. The normalized spacial score (nSPS) is 30.2. The van der Waals surface area contributed by atoms with E-state index in [1.165, 1.54) is 12.8 Å². The van der Waals surface area contributed by atoms with Gasteiger partial charge in [0.15, 0.2) is 0 Å². The monoisotopic (exact) mass is 284 g/mol. The first-order valence-electron chi connectivity index (χ1n) is 7.72. The van der Waals surface area contributed by atoms with E-state index in [1.54, 1.807) is 14.2 Å². The van der Waals surface area contributed by atoms with E-state index in [4.69, 9.17) is 15.2 Å². The Morgan fingerprint density at radius 1 is 1.10 bits per heavy atom. The molecule has 0 aromatic heterocycles. The average Bonchev–Trinajstić information content (AvgIpc) is 2.75. The third-order valence-electron chi connectivity index (χ3n) is 5.01. The molecule has 2 N–H and O–H groups in total. The third kappa shape index (κ3) is 3.00. The Morgan fingerprint density at radius 2 is 1.60 bits per heavy atom. The van der Waals surface area contributed by atoms with E-state index in [2.05, 4.69) is 0 Å². The predicted molar refractivity (Wildman–Crippen MR) is 77.4 cm³/mol. The lowest BCUT2D eigenvalue weighted by atomic mass is 9.79. The summed E-state index contributed by atoms with van der Waals surface area (Å²) >= 11 is 0. The molecular formula is C15H28N2O3. The van der Waals surface area contributed by atoms with Gasteiger partial charge in [0.05, 0.1) is 5.41 Å². The highest BCUT2D eigenvalue weighted by Crippen LogP contribution is 2.37. The van der Waals surface area contributed by atoms with Crippen LogP contribution in [0.5, 0.6) is 0 Å². The minimum absolute atomic E-state index is 0.0236. The maximum absolute atomic E-state index is 13.0. The van der Waals surface area contributed by atoms with Crippen molar-refractivity contribution < 1.29 is 14.3 Å². The van der Waals surface area contributed by atoms with Crippen molar-refractivity contribution >= 4 is 5.91 Å². The van der Waals surface area contributed by atoms with E-state index in [0.29, 0.717) is 19.6 Å². The fourth-order valence-electron chi connectivity index (χ4n) is 3.61. The standard InChI is InChI=1S/C15H28N2O3/c1-19-12-9-17(10-13(12)20-2)14(18)15(11-16)7-5-3-4-6-8-15/h12-13H,3-11,16H2,1-2H3. The van der Waals surface area contributed by atoms with Crippen molar-refractivity contribution in [3.05, 3.63) is 0 Å². The Balaban J connectivity index is 2.09. The van der Waals surface area contributed by atoms with Crippen LogP contribution in [0, 0.1) is 5.41 Å². The molecule has 1 aliphatic heterocycles. The van der Waals surface area contributed by atoms with E-state index in [0.717, 1.165) is 25.7 Å². The minimum Gasteiger partial charge on any atom is -0.377 e. The van der Waals surface area contributed by atoms with Gasteiger partial charge in [-0.25, -0.2) is 0 Å². The van der Waals surface area contributed by atoms with Crippen molar-refractivity contribution in [2.75, 3.05) is 33.9 Å². The molecule has 0 aromatic rings. The van der Waals surface area contributed by atoms with Crippen LogP contribution in [0.2, 0.25) is 0 Å². The van der Waals surface area contributed by atoms with Crippen molar-refractivity contribution in [2.45, 2.75) is 50.7 Å². The molecule has 1 saturated heterocycles. The topological polar surface area (TPSA) is 64.8 Å². The van der Waals surface area contributed by atoms with Gasteiger partial charge in [0.25, 0.3) is 0 Å². The molecule has 20 heavy (non-hydrogen) atoms. The van der Waals surface area contributed by atoms with Gasteiger partial charge in [0.2, 0.25) is 5.91 Å². The van der Waals surface area contributed by atoms with Crippen LogP contribution >= 0.6 is 0 Å². The molecule has 116 valence electrons. The van der Waals surface area contributed by atoms with Crippen LogP contribution in [0.15, 0.2) is 0 Å². The Labute approximate surface area is 121 Å². The van der Waals surface area contributed by atoms with Crippen molar-refractivity contribution in [1.29, 1.82) is 0 Å². The van der Waals surface area contributed by atoms with Gasteiger partial charge in [-0.05, 0) is 12.8 Å². The van der Waals surface area contributed by atoms with Gasteiger partial charge in [-0.3, -0.25) is 4.79 Å². The minimum atomic E-state index is -0.350. The number of likely N-dealkylation sites (tertiary alicyclic amines) is 1. The van der Waals surface area contributed by atoms with E-state index in [9.17, 15) is 4.79 Å². The molecule has 2 atom stereocenters. The van der Waals surface area contributed by atoms with E-state index < -0.39 is 0 Å². The summed E-state index contributed by atoms with van der Waals surface area (Å²) in [5.74, 6) is 0.212. The third-order valence-corrected chi connectivity index (χ3v) is 5.01. The fraction of sp³-hybridized carbons (Fsp3) is 0.933. The predicted octanol–water partition coefficient (Wildman–Crippen LogP) is 1.16. The molecule has 0 radical (unpaired) electrons. The molecule has 1 saturated carbocycles. The smallest absolute Gasteiger partial charge is 0.230 e. The van der Waals surface area contributed by atoms with Gasteiger partial charge in [0, 0.05) is 33.9 Å². The summed E-state index contributed by atoms with van der Waals surface area (Å²) in [6, 6.07) is 0. The number of hydrogen-bond acceptors (Lipinski definition) is 4. The van der Waals surface area contributed by atoms with Crippen LogP contribution in [-0.4, -0.2) is 56.9 Å². The van der Waals surface area contributed by atoms with Gasteiger partial charge in [-0.1, -0.05) is 25.7 Å². The Kier molecular flexibility index (Phi) is 5.41. The molecule has 2 unspecified atom stereocenters. The van der Waals surface area contributed by atoms with Gasteiger partial charge < -0.3 is 20.1 Å². The second-order valence-electron chi connectivity index (χ2n) is 6.16. The number of carbonyl (C=O) groups excluding carboxylic acids is 1. The fourth-order valence-corrected chi connectivity index (χ4v) is 3.61. The van der Waals surface area contributed by atoms with Gasteiger partial charge in [-0.2, -0.15) is 0 Å². The molecule has 0 spiro atoms. The molecule has 0 bridgehead atoms. The van der Waals surface area contributed by atoms with Crippen molar-refractivity contribution in [1.82, 2.24) is 4.90 Å². The molecule has 1 aliphatic carbocycles. The van der Waals surface area contributed by atoms with Gasteiger partial charge in [0.1, 0.15) is 12.2 Å². The summed E-state index contributed by atoms with van der Waals surface area (Å²) in [4.78, 5) is 14.9.